The summed E-state index contributed by atoms with van der Waals surface area (Å²) in [7, 11) is 0. The second kappa shape index (κ2) is 8.95. The van der Waals surface area contributed by atoms with Crippen molar-refractivity contribution in [3.05, 3.63) is 34.3 Å². The van der Waals surface area contributed by atoms with Gasteiger partial charge in [-0.3, -0.25) is 9.69 Å². The molecule has 0 aromatic heterocycles. The van der Waals surface area contributed by atoms with E-state index >= 15 is 0 Å². The molecule has 1 amide bonds. The van der Waals surface area contributed by atoms with Gasteiger partial charge < -0.3 is 0 Å². The van der Waals surface area contributed by atoms with Crippen molar-refractivity contribution in [2.24, 2.45) is 5.10 Å². The second-order valence-electron chi connectivity index (χ2n) is 5.39. The van der Waals surface area contributed by atoms with Gasteiger partial charge in [0.2, 0.25) is 0 Å². The van der Waals surface area contributed by atoms with Gasteiger partial charge in [0.15, 0.2) is 0 Å². The van der Waals surface area contributed by atoms with Crippen LogP contribution in [0.4, 0.5) is 0 Å². The molecule has 1 saturated heterocycles. The fourth-order valence-electron chi connectivity index (χ4n) is 2.44. The molecule has 5 heteroatoms. The lowest BCUT2D eigenvalue weighted by Gasteiger charge is -2.23. The lowest BCUT2D eigenvalue weighted by Crippen LogP contribution is -2.37. The smallest absolute Gasteiger partial charge is 0.254 e. The van der Waals surface area contributed by atoms with Crippen molar-refractivity contribution in [2.75, 3.05) is 19.6 Å². The Kier molecular flexibility index (Phi) is 6.89. The van der Waals surface area contributed by atoms with Crippen LogP contribution in [-0.4, -0.2) is 36.7 Å². The number of nitrogens with zero attached hydrogens (tertiary/aromatic N) is 2. The lowest BCUT2D eigenvalue weighted by molar-refractivity contribution is -0.122. The summed E-state index contributed by atoms with van der Waals surface area (Å²) in [6.07, 6.45) is 7.93. The molecule has 0 atom stereocenters. The molecule has 1 fully saturated rings. The van der Waals surface area contributed by atoms with E-state index in [2.05, 4.69) is 31.4 Å². The third kappa shape index (κ3) is 6.40. The Morgan fingerprint density at radius 3 is 2.43 bits per heavy atom. The number of halogens is 1. The first-order valence-corrected chi connectivity index (χ1v) is 8.33. The van der Waals surface area contributed by atoms with Crippen molar-refractivity contribution in [1.82, 2.24) is 10.3 Å². The molecule has 1 aliphatic heterocycles. The van der Waals surface area contributed by atoms with Gasteiger partial charge >= 0.3 is 0 Å². The van der Waals surface area contributed by atoms with Crippen LogP contribution in [0.2, 0.25) is 0 Å². The maximum Gasteiger partial charge on any atom is 0.254 e. The van der Waals surface area contributed by atoms with Crippen LogP contribution < -0.4 is 5.43 Å². The van der Waals surface area contributed by atoms with Crippen molar-refractivity contribution in [3.8, 4) is 0 Å². The molecule has 0 saturated carbocycles. The number of carbonyl (C=O) groups excluding carboxylic acids is 1. The maximum atomic E-state index is 11.9. The molecule has 114 valence electrons. The summed E-state index contributed by atoms with van der Waals surface area (Å²) in [5.41, 5.74) is 3.57. The molecule has 0 radical (unpaired) electrons. The van der Waals surface area contributed by atoms with Gasteiger partial charge in [-0.25, -0.2) is 5.43 Å². The quantitative estimate of drug-likeness (QED) is 0.668. The van der Waals surface area contributed by atoms with E-state index in [-0.39, 0.29) is 5.91 Å². The zero-order chi connectivity index (χ0) is 14.9. The zero-order valence-electron chi connectivity index (χ0n) is 12.2. The minimum atomic E-state index is -0.0380. The first-order chi connectivity index (χ1) is 10.2. The SMILES string of the molecule is O=C(CN1CCCCCCC1)NN=Cc1ccc(Br)cc1. The van der Waals surface area contributed by atoms with Crippen molar-refractivity contribution < 1.29 is 4.79 Å². The Bertz CT molecular complexity index is 465. The van der Waals surface area contributed by atoms with Crippen molar-refractivity contribution >= 4 is 28.1 Å². The number of benzene rings is 1. The first-order valence-electron chi connectivity index (χ1n) is 7.54. The predicted molar refractivity (Wildman–Crippen MR) is 89.4 cm³/mol. The van der Waals surface area contributed by atoms with Gasteiger partial charge in [0, 0.05) is 4.47 Å². The van der Waals surface area contributed by atoms with Crippen LogP contribution in [-0.2, 0) is 4.79 Å². The standard InChI is InChI=1S/C16H22BrN3O/c17-15-8-6-14(7-9-15)12-18-19-16(21)13-20-10-4-2-1-3-5-11-20/h6-9,12H,1-5,10-11,13H2,(H,19,21). The van der Waals surface area contributed by atoms with E-state index in [1.54, 1.807) is 6.21 Å². The van der Waals surface area contributed by atoms with Crippen LogP contribution in [0.1, 0.15) is 37.7 Å². The predicted octanol–water partition coefficient (Wildman–Crippen LogP) is 3.17. The normalized spacial score (nSPS) is 17.4. The molecule has 0 bridgehead atoms. The molecule has 1 heterocycles. The fourth-order valence-corrected chi connectivity index (χ4v) is 2.70. The molecule has 0 spiro atoms. The molecule has 1 aromatic rings. The summed E-state index contributed by atoms with van der Waals surface area (Å²) in [6.45, 7) is 2.48. The van der Waals surface area contributed by atoms with Crippen molar-refractivity contribution in [3.63, 3.8) is 0 Å². The largest absolute Gasteiger partial charge is 0.294 e. The Labute approximate surface area is 134 Å². The van der Waals surface area contributed by atoms with Gasteiger partial charge in [0.25, 0.3) is 5.91 Å². The van der Waals surface area contributed by atoms with Crippen LogP contribution >= 0.6 is 15.9 Å². The number of hydrogen-bond acceptors (Lipinski definition) is 3. The third-order valence-corrected chi connectivity index (χ3v) is 4.12. The van der Waals surface area contributed by atoms with E-state index in [1.165, 1.54) is 32.1 Å². The average Bonchev–Trinajstić information content (AvgIpc) is 2.44. The van der Waals surface area contributed by atoms with Gasteiger partial charge in [-0.2, -0.15) is 5.10 Å². The van der Waals surface area contributed by atoms with Gasteiger partial charge in [-0.05, 0) is 43.6 Å². The third-order valence-electron chi connectivity index (χ3n) is 3.59. The minimum Gasteiger partial charge on any atom is -0.294 e. The minimum absolute atomic E-state index is 0.0380. The van der Waals surface area contributed by atoms with Crippen LogP contribution in [0.25, 0.3) is 0 Å². The number of amides is 1. The van der Waals surface area contributed by atoms with E-state index in [4.69, 9.17) is 0 Å². The van der Waals surface area contributed by atoms with E-state index in [1.807, 2.05) is 24.3 Å². The molecule has 0 unspecified atom stereocenters. The van der Waals surface area contributed by atoms with Gasteiger partial charge in [-0.15, -0.1) is 0 Å². The molecule has 1 aliphatic rings. The number of hydrogen-bond donors (Lipinski definition) is 1. The summed E-state index contributed by atoms with van der Waals surface area (Å²) in [5.74, 6) is -0.0380. The number of rotatable bonds is 4. The summed E-state index contributed by atoms with van der Waals surface area (Å²) in [5, 5.41) is 4.01. The van der Waals surface area contributed by atoms with E-state index in [0.29, 0.717) is 6.54 Å². The van der Waals surface area contributed by atoms with Crippen molar-refractivity contribution in [2.45, 2.75) is 32.1 Å². The molecular weight excluding hydrogens is 330 g/mol. The highest BCUT2D eigenvalue weighted by molar-refractivity contribution is 9.10. The number of nitrogens with one attached hydrogen (secondary N) is 1. The molecule has 1 N–H and O–H groups in total. The summed E-state index contributed by atoms with van der Waals surface area (Å²) in [4.78, 5) is 14.1. The molecule has 2 rings (SSSR count). The molecular formula is C16H22BrN3O. The Morgan fingerprint density at radius 2 is 1.76 bits per heavy atom. The van der Waals surface area contributed by atoms with Gasteiger partial charge in [0.1, 0.15) is 0 Å². The van der Waals surface area contributed by atoms with Gasteiger partial charge in [0.05, 0.1) is 12.8 Å². The van der Waals surface area contributed by atoms with Gasteiger partial charge in [-0.1, -0.05) is 47.3 Å². The highest BCUT2D eigenvalue weighted by atomic mass is 79.9. The zero-order valence-corrected chi connectivity index (χ0v) is 13.8. The van der Waals surface area contributed by atoms with E-state index in [9.17, 15) is 4.79 Å². The number of likely N-dealkylation sites (tertiary alicyclic amines) is 1. The first kappa shape index (κ1) is 16.2. The van der Waals surface area contributed by atoms with Crippen LogP contribution in [0.15, 0.2) is 33.8 Å². The highest BCUT2D eigenvalue weighted by Gasteiger charge is 2.11. The number of hydrazone groups is 1. The summed E-state index contributed by atoms with van der Waals surface area (Å²) < 4.78 is 1.03. The average molecular weight is 352 g/mol. The fraction of sp³-hybridized carbons (Fsp3) is 0.500. The molecule has 0 aliphatic carbocycles. The highest BCUT2D eigenvalue weighted by Crippen LogP contribution is 2.10. The van der Waals surface area contributed by atoms with E-state index in [0.717, 1.165) is 23.1 Å². The molecule has 21 heavy (non-hydrogen) atoms. The lowest BCUT2D eigenvalue weighted by atomic mass is 10.1. The topological polar surface area (TPSA) is 44.7 Å². The summed E-state index contributed by atoms with van der Waals surface area (Å²) in [6, 6.07) is 7.78. The van der Waals surface area contributed by atoms with Crippen LogP contribution in [0, 0.1) is 0 Å². The summed E-state index contributed by atoms with van der Waals surface area (Å²) >= 11 is 3.38. The van der Waals surface area contributed by atoms with Crippen LogP contribution in [0.3, 0.4) is 0 Å². The van der Waals surface area contributed by atoms with Crippen molar-refractivity contribution in [1.29, 1.82) is 0 Å². The van der Waals surface area contributed by atoms with E-state index < -0.39 is 0 Å². The Hall–Kier alpha value is -1.20. The van der Waals surface area contributed by atoms with Crippen LogP contribution in [0.5, 0.6) is 0 Å². The molecule has 1 aromatic carbocycles. The number of carbonyl (C=O) groups is 1. The molecule has 4 nitrogen and oxygen atoms in total. The monoisotopic (exact) mass is 351 g/mol. The Morgan fingerprint density at radius 1 is 1.14 bits per heavy atom. The Balaban J connectivity index is 1.74. The maximum absolute atomic E-state index is 11.9. The second-order valence-corrected chi connectivity index (χ2v) is 6.30.